The topological polar surface area (TPSA) is 165 Å². The van der Waals surface area contributed by atoms with Gasteiger partial charge in [0.1, 0.15) is 17.5 Å². The van der Waals surface area contributed by atoms with Gasteiger partial charge in [0.2, 0.25) is 0 Å². The number of benzene rings is 6. The number of nitrogens with zero attached hydrogens (tertiary/aromatic N) is 7. The number of carboxylic acid groups (broad SMARTS) is 1. The monoisotopic (exact) mass is 1070 g/mol. The van der Waals surface area contributed by atoms with E-state index in [0.717, 1.165) is 62.9 Å². The number of thiazole rings is 1. The van der Waals surface area contributed by atoms with E-state index in [0.29, 0.717) is 48.4 Å². The SMILES string of the molecule is COC(=O)c1ccc2c(ccn2-c2ccc(F)cc2)c1.Cl.O=C(O)c1ccc2c(ccn2-c2ccc(F)cc2)c1.O=C(c1ccc2c(ccn2-c2ccc(F)cc2)c1)N1CC(N2CCN(C(=O)c3nccs3)CC2)C1.[Li+].[OH-]. The van der Waals surface area contributed by atoms with Crippen LogP contribution in [0.25, 0.3) is 49.8 Å². The molecular weight excluding hydrogens is 1030 g/mol. The fourth-order valence-electron chi connectivity index (χ4n) is 9.21. The Balaban J connectivity index is 0.000000176. The Hall–Kier alpha value is -7.95. The molecule has 0 unspecified atom stereocenters. The summed E-state index contributed by atoms with van der Waals surface area (Å²) in [5.41, 5.74) is 6.82. The fraction of sp³-hybridized carbons (Fsp3) is 0.140. The summed E-state index contributed by atoms with van der Waals surface area (Å²) in [7, 11) is 1.36. The van der Waals surface area contributed by atoms with Gasteiger partial charge in [-0.3, -0.25) is 14.5 Å². The molecule has 2 aliphatic rings. The molecule has 0 radical (unpaired) electrons. The summed E-state index contributed by atoms with van der Waals surface area (Å²) in [6.07, 6.45) is 7.32. The molecule has 6 aromatic carbocycles. The second-order valence-electron chi connectivity index (χ2n) is 17.6. The summed E-state index contributed by atoms with van der Waals surface area (Å²) >= 11 is 1.37. The summed E-state index contributed by atoms with van der Waals surface area (Å²) < 4.78 is 49.7. The summed E-state index contributed by atoms with van der Waals surface area (Å²) in [5.74, 6) is -2.08. The molecule has 4 aromatic heterocycles. The van der Waals surface area contributed by atoms with E-state index in [1.54, 1.807) is 72.9 Å². The smallest absolute Gasteiger partial charge is 0.870 e. The quantitative estimate of drug-likeness (QED) is 0.118. The van der Waals surface area contributed by atoms with Crippen molar-refractivity contribution in [3.8, 4) is 17.1 Å². The first kappa shape index (κ1) is 56.8. The van der Waals surface area contributed by atoms with Crippen LogP contribution < -0.4 is 18.9 Å². The van der Waals surface area contributed by atoms with Gasteiger partial charge in [-0.2, -0.15) is 0 Å². The van der Waals surface area contributed by atoms with Crippen molar-refractivity contribution in [2.75, 3.05) is 46.4 Å². The molecular formula is C57H48ClF3LiN7O7S. The Morgan fingerprint density at radius 2 is 0.974 bits per heavy atom. The molecule has 0 bridgehead atoms. The minimum Gasteiger partial charge on any atom is -0.870 e. The first-order chi connectivity index (χ1) is 35.9. The third kappa shape index (κ3) is 12.3. The third-order valence-electron chi connectivity index (χ3n) is 13.2. The van der Waals surface area contributed by atoms with Crippen LogP contribution in [-0.4, -0.2) is 120 Å². The van der Waals surface area contributed by atoms with Crippen molar-refractivity contribution < 1.29 is 66.5 Å². The van der Waals surface area contributed by atoms with Crippen molar-refractivity contribution in [1.29, 1.82) is 0 Å². The van der Waals surface area contributed by atoms with E-state index in [4.69, 9.17) is 9.84 Å². The number of aromatic nitrogens is 4. The predicted molar refractivity (Wildman–Crippen MR) is 286 cm³/mol. The Bertz CT molecular complexity index is 3670. The maximum Gasteiger partial charge on any atom is 1.00 e. The Morgan fingerprint density at radius 3 is 1.39 bits per heavy atom. The maximum atomic E-state index is 13.3. The number of esters is 1. The molecule has 2 aliphatic heterocycles. The van der Waals surface area contributed by atoms with Crippen molar-refractivity contribution >= 4 is 80.2 Å². The van der Waals surface area contributed by atoms with Crippen molar-refractivity contribution in [1.82, 2.24) is 33.4 Å². The minimum absolute atomic E-state index is 0. The van der Waals surface area contributed by atoms with E-state index in [2.05, 4.69) is 9.88 Å². The van der Waals surface area contributed by atoms with Crippen LogP contribution in [0.3, 0.4) is 0 Å². The molecule has 2 amide bonds. The second-order valence-corrected chi connectivity index (χ2v) is 18.5. The number of amides is 2. The molecule has 0 saturated carbocycles. The van der Waals surface area contributed by atoms with Gasteiger partial charge < -0.3 is 38.8 Å². The first-order valence-electron chi connectivity index (χ1n) is 23.6. The largest absolute Gasteiger partial charge is 1.00 e. The van der Waals surface area contributed by atoms with Gasteiger partial charge in [-0.15, -0.1) is 23.7 Å². The van der Waals surface area contributed by atoms with Crippen LogP contribution >= 0.6 is 23.7 Å². The summed E-state index contributed by atoms with van der Waals surface area (Å²) in [6, 6.07) is 40.8. The standard InChI is InChI=1S/C26H24FN5O2S.C16H12FNO2.C15H10FNO2.ClH.Li.H2O/c27-20-2-4-21(5-3-20)32-9-7-18-15-19(1-6-23(18)32)25(33)31-16-22(17-31)29-10-12-30(13-11-29)26(34)24-28-8-14-35-24;1-20-16(19)12-2-7-15-11(10-12)8-9-18(15)14-5-3-13(17)4-6-14;16-12-2-4-13(5-3-12)17-8-7-10-9-11(15(18)19)1-6-14(10)17;;;/h1-9,14-15,22H,10-13,16-17H2;2-10H,1H3;1-9H,(H,18,19);1H;;1H2/q;;;;+1;/p-1. The van der Waals surface area contributed by atoms with Crippen LogP contribution in [0, 0.1) is 17.5 Å². The Morgan fingerprint density at radius 1 is 0.558 bits per heavy atom. The van der Waals surface area contributed by atoms with Gasteiger partial charge in [-0.25, -0.2) is 27.7 Å². The summed E-state index contributed by atoms with van der Waals surface area (Å²) in [5, 5.41) is 14.1. The fourth-order valence-corrected chi connectivity index (χ4v) is 9.81. The maximum absolute atomic E-state index is 13.3. The molecule has 2 N–H and O–H groups in total. The number of hydrogen-bond acceptors (Lipinski definition) is 9. The Labute approximate surface area is 462 Å². The van der Waals surface area contributed by atoms with E-state index in [1.165, 1.54) is 54.8 Å². The van der Waals surface area contributed by atoms with E-state index < -0.39 is 5.97 Å². The van der Waals surface area contributed by atoms with Crippen LogP contribution in [-0.2, 0) is 4.74 Å². The number of rotatable bonds is 8. The number of aromatic carboxylic acids is 1. The number of piperazine rings is 1. The number of halogens is 4. The average molecular weight is 1070 g/mol. The van der Waals surface area contributed by atoms with Crippen molar-refractivity contribution in [3.63, 3.8) is 0 Å². The van der Waals surface area contributed by atoms with Gasteiger partial charge in [0, 0.05) is 114 Å². The third-order valence-corrected chi connectivity index (χ3v) is 13.9. The van der Waals surface area contributed by atoms with Crippen LogP contribution in [0.4, 0.5) is 13.2 Å². The summed E-state index contributed by atoms with van der Waals surface area (Å²) in [6.45, 7) is 4.40. The molecule has 10 aromatic rings. The van der Waals surface area contributed by atoms with Crippen molar-refractivity contribution in [3.05, 3.63) is 215 Å². The molecule has 6 heterocycles. The molecule has 20 heteroatoms. The van der Waals surface area contributed by atoms with Gasteiger partial charge in [0.05, 0.1) is 34.8 Å². The van der Waals surface area contributed by atoms with Crippen molar-refractivity contribution in [2.45, 2.75) is 6.04 Å². The number of carbonyl (C=O) groups excluding carboxylic acids is 3. The zero-order chi connectivity index (χ0) is 51.5. The number of carbonyl (C=O) groups is 4. The molecule has 0 aliphatic carbocycles. The predicted octanol–water partition coefficient (Wildman–Crippen LogP) is 7.78. The van der Waals surface area contributed by atoms with Gasteiger partial charge in [0.25, 0.3) is 11.8 Å². The summed E-state index contributed by atoms with van der Waals surface area (Å²) in [4.78, 5) is 58.2. The van der Waals surface area contributed by atoms with E-state index in [9.17, 15) is 32.3 Å². The molecule has 2 fully saturated rings. The molecule has 0 atom stereocenters. The number of fused-ring (bicyclic) bond motifs is 3. The molecule has 388 valence electrons. The number of likely N-dealkylation sites (tertiary alicyclic amines) is 1. The van der Waals surface area contributed by atoms with Gasteiger partial charge in [-0.05, 0) is 146 Å². The molecule has 0 spiro atoms. The number of hydrogen-bond donors (Lipinski definition) is 1. The van der Waals surface area contributed by atoms with Crippen LogP contribution in [0.5, 0.6) is 0 Å². The van der Waals surface area contributed by atoms with Gasteiger partial charge >= 0.3 is 30.8 Å². The number of methoxy groups -OCH3 is 1. The zero-order valence-electron chi connectivity index (χ0n) is 41.6. The minimum atomic E-state index is -0.948. The van der Waals surface area contributed by atoms with E-state index in [1.807, 2.05) is 89.9 Å². The van der Waals surface area contributed by atoms with E-state index >= 15 is 0 Å². The van der Waals surface area contributed by atoms with Gasteiger partial charge in [0.15, 0.2) is 5.01 Å². The van der Waals surface area contributed by atoms with Crippen LogP contribution in [0.15, 0.2) is 176 Å². The van der Waals surface area contributed by atoms with Crippen LogP contribution in [0.2, 0.25) is 0 Å². The molecule has 2 saturated heterocycles. The normalized spacial score (nSPS) is 13.2. The average Bonchev–Trinajstić information content (AvgIpc) is 4.27. The molecule has 14 nitrogen and oxygen atoms in total. The van der Waals surface area contributed by atoms with Crippen LogP contribution in [0.1, 0.15) is 40.9 Å². The number of carboxylic acids is 1. The Kier molecular flexibility index (Phi) is 18.3. The zero-order valence-corrected chi connectivity index (χ0v) is 43.2. The van der Waals surface area contributed by atoms with Gasteiger partial charge in [-0.1, -0.05) is 0 Å². The first-order valence-corrected chi connectivity index (χ1v) is 24.4. The van der Waals surface area contributed by atoms with E-state index in [-0.39, 0.29) is 77.5 Å². The second kappa shape index (κ2) is 24.8. The van der Waals surface area contributed by atoms with Crippen molar-refractivity contribution in [2.24, 2.45) is 0 Å². The molecule has 12 rings (SSSR count). The molecule has 77 heavy (non-hydrogen) atoms. The number of ether oxygens (including phenoxy) is 1.